The van der Waals surface area contributed by atoms with Gasteiger partial charge in [0, 0.05) is 37.5 Å². The average molecular weight is 402 g/mol. The van der Waals surface area contributed by atoms with Gasteiger partial charge in [-0.05, 0) is 36.1 Å². The zero-order valence-electron chi connectivity index (χ0n) is 17.0. The summed E-state index contributed by atoms with van der Waals surface area (Å²) in [6.07, 6.45) is 3.45. The Morgan fingerprint density at radius 3 is 2.67 bits per heavy atom. The van der Waals surface area contributed by atoms with Gasteiger partial charge >= 0.3 is 0 Å². The highest BCUT2D eigenvalue weighted by Gasteiger charge is 2.26. The predicted octanol–water partition coefficient (Wildman–Crippen LogP) is 4.16. The SMILES string of the molecule is O=C(c1ccc(C2CCOC2)cc1)N1CCc2oc(CCc3ccccc3)nc2C1. The first-order valence-corrected chi connectivity index (χ1v) is 10.7. The van der Waals surface area contributed by atoms with Crippen molar-refractivity contribution in [2.45, 2.75) is 38.1 Å². The number of carbonyl (C=O) groups excluding carboxylic acids is 1. The van der Waals surface area contributed by atoms with Gasteiger partial charge in [0.25, 0.3) is 5.91 Å². The monoisotopic (exact) mass is 402 g/mol. The highest BCUT2D eigenvalue weighted by Crippen LogP contribution is 2.26. The number of nitrogens with zero attached hydrogens (tertiary/aromatic N) is 2. The summed E-state index contributed by atoms with van der Waals surface area (Å²) in [6.45, 7) is 2.78. The van der Waals surface area contributed by atoms with Crippen LogP contribution >= 0.6 is 0 Å². The number of carbonyl (C=O) groups is 1. The molecular formula is C25H26N2O3. The van der Waals surface area contributed by atoms with E-state index in [0.717, 1.165) is 61.8 Å². The number of benzene rings is 2. The van der Waals surface area contributed by atoms with Crippen LogP contribution in [0.1, 0.15) is 51.2 Å². The Bertz CT molecular complexity index is 1000. The molecule has 0 radical (unpaired) electrons. The van der Waals surface area contributed by atoms with Gasteiger partial charge in [0.15, 0.2) is 5.89 Å². The standard InChI is InChI=1S/C25H26N2O3/c28-25(20-9-7-19(8-10-20)21-13-15-29-17-21)27-14-12-23-22(16-27)26-24(30-23)11-6-18-4-2-1-3-5-18/h1-5,7-10,21H,6,11-17H2. The second kappa shape index (κ2) is 8.44. The van der Waals surface area contributed by atoms with Crippen molar-refractivity contribution in [2.24, 2.45) is 0 Å². The number of hydrogen-bond donors (Lipinski definition) is 0. The lowest BCUT2D eigenvalue weighted by Gasteiger charge is -2.25. The fourth-order valence-electron chi connectivity index (χ4n) is 4.31. The van der Waals surface area contributed by atoms with Crippen molar-refractivity contribution in [3.05, 3.63) is 88.6 Å². The smallest absolute Gasteiger partial charge is 0.254 e. The van der Waals surface area contributed by atoms with Crippen LogP contribution in [0, 0.1) is 0 Å². The number of oxazole rings is 1. The molecular weight excluding hydrogens is 376 g/mol. The molecule has 0 bridgehead atoms. The molecule has 1 aromatic heterocycles. The van der Waals surface area contributed by atoms with Crippen LogP contribution in [0.25, 0.3) is 0 Å². The van der Waals surface area contributed by atoms with Crippen molar-refractivity contribution in [1.82, 2.24) is 9.88 Å². The molecule has 1 atom stereocenters. The average Bonchev–Trinajstić information content (AvgIpc) is 3.47. The van der Waals surface area contributed by atoms with Gasteiger partial charge in [0.05, 0.1) is 13.2 Å². The number of fused-ring (bicyclic) bond motifs is 1. The van der Waals surface area contributed by atoms with Crippen molar-refractivity contribution in [1.29, 1.82) is 0 Å². The molecule has 1 fully saturated rings. The highest BCUT2D eigenvalue weighted by atomic mass is 16.5. The second-order valence-corrected chi connectivity index (χ2v) is 8.12. The van der Waals surface area contributed by atoms with Gasteiger partial charge in [0.1, 0.15) is 11.5 Å². The molecule has 5 rings (SSSR count). The first-order chi connectivity index (χ1) is 14.8. The Morgan fingerprint density at radius 2 is 1.90 bits per heavy atom. The van der Waals surface area contributed by atoms with E-state index in [-0.39, 0.29) is 5.91 Å². The molecule has 3 aromatic rings. The van der Waals surface area contributed by atoms with Crippen LogP contribution in [0.2, 0.25) is 0 Å². The van der Waals surface area contributed by atoms with E-state index in [4.69, 9.17) is 9.15 Å². The zero-order chi connectivity index (χ0) is 20.3. The summed E-state index contributed by atoms with van der Waals surface area (Å²) in [5.41, 5.74) is 4.16. The lowest BCUT2D eigenvalue weighted by Crippen LogP contribution is -2.35. The molecule has 1 unspecified atom stereocenters. The zero-order valence-corrected chi connectivity index (χ0v) is 17.0. The molecule has 2 aliphatic rings. The van der Waals surface area contributed by atoms with Crippen molar-refractivity contribution >= 4 is 5.91 Å². The third-order valence-electron chi connectivity index (χ3n) is 6.09. The number of ether oxygens (including phenoxy) is 1. The molecule has 5 nitrogen and oxygen atoms in total. The van der Waals surface area contributed by atoms with Crippen molar-refractivity contribution in [3.8, 4) is 0 Å². The third kappa shape index (κ3) is 4.03. The number of rotatable bonds is 5. The van der Waals surface area contributed by atoms with Gasteiger partial charge in [-0.15, -0.1) is 0 Å². The molecule has 0 saturated carbocycles. The Morgan fingerprint density at radius 1 is 1.07 bits per heavy atom. The Labute approximate surface area is 176 Å². The van der Waals surface area contributed by atoms with Gasteiger partial charge in [-0.2, -0.15) is 0 Å². The first-order valence-electron chi connectivity index (χ1n) is 10.7. The van der Waals surface area contributed by atoms with E-state index in [1.807, 2.05) is 35.2 Å². The van der Waals surface area contributed by atoms with Crippen molar-refractivity contribution < 1.29 is 13.9 Å². The molecule has 0 spiro atoms. The molecule has 30 heavy (non-hydrogen) atoms. The van der Waals surface area contributed by atoms with Gasteiger partial charge in [-0.25, -0.2) is 4.98 Å². The molecule has 154 valence electrons. The lowest BCUT2D eigenvalue weighted by atomic mass is 9.97. The maximum Gasteiger partial charge on any atom is 0.254 e. The maximum absolute atomic E-state index is 13.0. The van der Waals surface area contributed by atoms with Crippen LogP contribution < -0.4 is 0 Å². The van der Waals surface area contributed by atoms with Crippen molar-refractivity contribution in [2.75, 3.05) is 19.8 Å². The fourth-order valence-corrected chi connectivity index (χ4v) is 4.31. The normalized spacial score (nSPS) is 18.4. The summed E-state index contributed by atoms with van der Waals surface area (Å²) in [6, 6.07) is 18.4. The van der Waals surface area contributed by atoms with Gasteiger partial charge < -0.3 is 14.1 Å². The second-order valence-electron chi connectivity index (χ2n) is 8.12. The van der Waals surface area contributed by atoms with Gasteiger partial charge in [0.2, 0.25) is 0 Å². The van der Waals surface area contributed by atoms with Crippen LogP contribution in [0.4, 0.5) is 0 Å². The quantitative estimate of drug-likeness (QED) is 0.643. The third-order valence-corrected chi connectivity index (χ3v) is 6.09. The molecule has 1 saturated heterocycles. The minimum Gasteiger partial charge on any atom is -0.445 e. The summed E-state index contributed by atoms with van der Waals surface area (Å²) in [7, 11) is 0. The van der Waals surface area contributed by atoms with E-state index in [9.17, 15) is 4.79 Å². The number of hydrogen-bond acceptors (Lipinski definition) is 4. The highest BCUT2D eigenvalue weighted by molar-refractivity contribution is 5.94. The summed E-state index contributed by atoms with van der Waals surface area (Å²) in [5, 5.41) is 0. The molecule has 0 aliphatic carbocycles. The summed E-state index contributed by atoms with van der Waals surface area (Å²) >= 11 is 0. The van der Waals surface area contributed by atoms with Crippen LogP contribution in [0.3, 0.4) is 0 Å². The fraction of sp³-hybridized carbons (Fsp3) is 0.360. The Balaban J connectivity index is 1.22. The molecule has 1 amide bonds. The maximum atomic E-state index is 13.0. The molecule has 2 aromatic carbocycles. The topological polar surface area (TPSA) is 55.6 Å². The summed E-state index contributed by atoms with van der Waals surface area (Å²) in [4.78, 5) is 19.6. The van der Waals surface area contributed by atoms with Gasteiger partial charge in [-0.1, -0.05) is 42.5 Å². The van der Waals surface area contributed by atoms with E-state index in [2.05, 4.69) is 29.2 Å². The summed E-state index contributed by atoms with van der Waals surface area (Å²) < 4.78 is 11.4. The summed E-state index contributed by atoms with van der Waals surface area (Å²) in [5.74, 6) is 2.21. The molecule has 3 heterocycles. The number of aryl methyl sites for hydroxylation is 2. The number of amides is 1. The van der Waals surface area contributed by atoms with Crippen LogP contribution in [-0.2, 0) is 30.5 Å². The van der Waals surface area contributed by atoms with Crippen LogP contribution in [0.15, 0.2) is 59.0 Å². The Hall–Kier alpha value is -2.92. The largest absolute Gasteiger partial charge is 0.445 e. The number of aromatic nitrogens is 1. The van der Waals surface area contributed by atoms with Crippen molar-refractivity contribution in [3.63, 3.8) is 0 Å². The minimum atomic E-state index is 0.0590. The molecule has 2 aliphatic heterocycles. The predicted molar refractivity (Wildman–Crippen MR) is 113 cm³/mol. The van der Waals surface area contributed by atoms with E-state index >= 15 is 0 Å². The van der Waals surface area contributed by atoms with Gasteiger partial charge in [-0.3, -0.25) is 4.79 Å². The first kappa shape index (κ1) is 19.1. The Kier molecular flexibility index (Phi) is 5.37. The van der Waals surface area contributed by atoms with E-state index in [1.54, 1.807) is 0 Å². The van der Waals surface area contributed by atoms with E-state index in [1.165, 1.54) is 11.1 Å². The van der Waals surface area contributed by atoms with E-state index < -0.39 is 0 Å². The van der Waals surface area contributed by atoms with Crippen LogP contribution in [-0.4, -0.2) is 35.5 Å². The van der Waals surface area contributed by atoms with Crippen LogP contribution in [0.5, 0.6) is 0 Å². The van der Waals surface area contributed by atoms with E-state index in [0.29, 0.717) is 19.0 Å². The lowest BCUT2D eigenvalue weighted by molar-refractivity contribution is 0.0728. The molecule has 5 heteroatoms. The molecule has 0 N–H and O–H groups in total. The minimum absolute atomic E-state index is 0.0590.